The summed E-state index contributed by atoms with van der Waals surface area (Å²) >= 11 is 0. The minimum atomic E-state index is -1.17. The van der Waals surface area contributed by atoms with Gasteiger partial charge in [-0.1, -0.05) is 12.1 Å². The second-order valence-electron chi connectivity index (χ2n) is 3.87. The predicted molar refractivity (Wildman–Crippen MR) is 64.6 cm³/mol. The SMILES string of the molecule is COc1cccc(C(O)c2cnn(C)c2N)c1F. The maximum atomic E-state index is 14.0. The molecule has 0 aliphatic heterocycles. The molecule has 18 heavy (non-hydrogen) atoms. The summed E-state index contributed by atoms with van der Waals surface area (Å²) in [5.74, 6) is -0.227. The number of benzene rings is 1. The minimum Gasteiger partial charge on any atom is -0.494 e. The van der Waals surface area contributed by atoms with Gasteiger partial charge in [-0.25, -0.2) is 4.39 Å². The van der Waals surface area contributed by atoms with E-state index in [1.165, 1.54) is 30.1 Å². The van der Waals surface area contributed by atoms with Crippen LogP contribution in [0.4, 0.5) is 10.2 Å². The van der Waals surface area contributed by atoms with E-state index in [0.717, 1.165) is 0 Å². The Hall–Kier alpha value is -2.08. The van der Waals surface area contributed by atoms with Gasteiger partial charge in [0.25, 0.3) is 0 Å². The maximum Gasteiger partial charge on any atom is 0.171 e. The van der Waals surface area contributed by atoms with Gasteiger partial charge in [0.1, 0.15) is 11.9 Å². The van der Waals surface area contributed by atoms with Gasteiger partial charge in [0.2, 0.25) is 0 Å². The van der Waals surface area contributed by atoms with Gasteiger partial charge in [0.05, 0.1) is 13.3 Å². The molecule has 6 heteroatoms. The molecule has 0 spiro atoms. The van der Waals surface area contributed by atoms with Crippen LogP contribution in [0.2, 0.25) is 0 Å². The van der Waals surface area contributed by atoms with E-state index in [0.29, 0.717) is 11.4 Å². The number of nitrogens with two attached hydrogens (primary N) is 1. The number of ether oxygens (including phenoxy) is 1. The topological polar surface area (TPSA) is 73.3 Å². The molecule has 0 bridgehead atoms. The van der Waals surface area contributed by atoms with Crippen molar-refractivity contribution in [3.8, 4) is 5.75 Å². The lowest BCUT2D eigenvalue weighted by atomic mass is 10.0. The van der Waals surface area contributed by atoms with Crippen molar-refractivity contribution in [3.63, 3.8) is 0 Å². The molecule has 3 N–H and O–H groups in total. The summed E-state index contributed by atoms with van der Waals surface area (Å²) in [6, 6.07) is 4.57. The van der Waals surface area contributed by atoms with Crippen LogP contribution in [0, 0.1) is 5.82 Å². The first kappa shape index (κ1) is 12.4. The van der Waals surface area contributed by atoms with Crippen molar-refractivity contribution in [2.45, 2.75) is 6.10 Å². The summed E-state index contributed by atoms with van der Waals surface area (Å²) in [5.41, 5.74) is 6.22. The molecule has 1 aromatic carbocycles. The molecule has 2 rings (SSSR count). The first-order valence-corrected chi connectivity index (χ1v) is 5.34. The van der Waals surface area contributed by atoms with Crippen LogP contribution >= 0.6 is 0 Å². The number of nitrogen functional groups attached to an aromatic ring is 1. The van der Waals surface area contributed by atoms with Crippen LogP contribution in [0.15, 0.2) is 24.4 Å². The summed E-state index contributed by atoms with van der Waals surface area (Å²) in [4.78, 5) is 0. The molecule has 0 fully saturated rings. The van der Waals surface area contributed by atoms with Gasteiger partial charge in [-0.2, -0.15) is 5.10 Å². The number of hydrogen-bond donors (Lipinski definition) is 2. The van der Waals surface area contributed by atoms with E-state index < -0.39 is 11.9 Å². The Bertz CT molecular complexity index is 568. The van der Waals surface area contributed by atoms with E-state index >= 15 is 0 Å². The number of nitrogens with zero attached hydrogens (tertiary/aromatic N) is 2. The highest BCUT2D eigenvalue weighted by Crippen LogP contribution is 2.31. The standard InChI is InChI=1S/C12H14FN3O2/c1-16-12(14)8(6-15-16)11(17)7-4-3-5-9(18-2)10(7)13/h3-6,11,17H,14H2,1-2H3. The summed E-state index contributed by atoms with van der Waals surface area (Å²) in [6.45, 7) is 0. The fraction of sp³-hybridized carbons (Fsp3) is 0.250. The lowest BCUT2D eigenvalue weighted by Gasteiger charge is -2.13. The van der Waals surface area contributed by atoms with Crippen molar-refractivity contribution < 1.29 is 14.2 Å². The van der Waals surface area contributed by atoms with E-state index in [1.807, 2.05) is 0 Å². The molecule has 2 aromatic rings. The minimum absolute atomic E-state index is 0.0778. The average Bonchev–Trinajstić information content (AvgIpc) is 2.70. The summed E-state index contributed by atoms with van der Waals surface area (Å²) in [6.07, 6.45) is 0.243. The Kier molecular flexibility index (Phi) is 3.20. The van der Waals surface area contributed by atoms with Gasteiger partial charge in [-0.05, 0) is 6.07 Å². The number of aryl methyl sites for hydroxylation is 1. The van der Waals surface area contributed by atoms with Crippen LogP contribution in [0.1, 0.15) is 17.2 Å². The second-order valence-corrected chi connectivity index (χ2v) is 3.87. The first-order chi connectivity index (χ1) is 8.56. The van der Waals surface area contributed by atoms with Crippen molar-refractivity contribution in [1.29, 1.82) is 0 Å². The third-order valence-electron chi connectivity index (χ3n) is 2.82. The summed E-state index contributed by atoms with van der Waals surface area (Å²) in [5, 5.41) is 14.1. The van der Waals surface area contributed by atoms with Gasteiger partial charge < -0.3 is 15.6 Å². The monoisotopic (exact) mass is 251 g/mol. The van der Waals surface area contributed by atoms with E-state index in [9.17, 15) is 9.50 Å². The Morgan fingerprint density at radius 3 is 2.72 bits per heavy atom. The van der Waals surface area contributed by atoms with E-state index in [-0.39, 0.29) is 11.3 Å². The van der Waals surface area contributed by atoms with E-state index in [2.05, 4.69) is 5.10 Å². The third kappa shape index (κ3) is 1.91. The summed E-state index contributed by atoms with van der Waals surface area (Å²) < 4.78 is 20.3. The molecular weight excluding hydrogens is 237 g/mol. The van der Waals surface area contributed by atoms with Gasteiger partial charge in [-0.15, -0.1) is 0 Å². The number of rotatable bonds is 3. The van der Waals surface area contributed by atoms with Crippen LogP contribution in [0.3, 0.4) is 0 Å². The Morgan fingerprint density at radius 2 is 2.17 bits per heavy atom. The lowest BCUT2D eigenvalue weighted by Crippen LogP contribution is -2.07. The normalized spacial score (nSPS) is 12.4. The van der Waals surface area contributed by atoms with Crippen molar-refractivity contribution in [3.05, 3.63) is 41.3 Å². The number of hydrogen-bond acceptors (Lipinski definition) is 4. The fourth-order valence-corrected chi connectivity index (χ4v) is 1.74. The molecule has 96 valence electrons. The molecule has 1 atom stereocenters. The Labute approximate surface area is 104 Å². The van der Waals surface area contributed by atoms with E-state index in [1.54, 1.807) is 13.1 Å². The lowest BCUT2D eigenvalue weighted by molar-refractivity contribution is 0.214. The van der Waals surface area contributed by atoms with Crippen LogP contribution < -0.4 is 10.5 Å². The predicted octanol–water partition coefficient (Wildman–Crippen LogP) is 1.23. The quantitative estimate of drug-likeness (QED) is 0.860. The van der Waals surface area contributed by atoms with Crippen molar-refractivity contribution >= 4 is 5.82 Å². The largest absolute Gasteiger partial charge is 0.494 e. The molecule has 1 heterocycles. The maximum absolute atomic E-state index is 14.0. The highest BCUT2D eigenvalue weighted by atomic mass is 19.1. The fourth-order valence-electron chi connectivity index (χ4n) is 1.74. The number of aromatic nitrogens is 2. The molecule has 1 unspecified atom stereocenters. The van der Waals surface area contributed by atoms with Gasteiger partial charge in [-0.3, -0.25) is 4.68 Å². The third-order valence-corrected chi connectivity index (χ3v) is 2.82. The van der Waals surface area contributed by atoms with Crippen LogP contribution in [0.5, 0.6) is 5.75 Å². The van der Waals surface area contributed by atoms with Crippen LogP contribution in [0.25, 0.3) is 0 Å². The molecule has 0 saturated carbocycles. The average molecular weight is 251 g/mol. The molecule has 0 saturated heterocycles. The molecule has 0 aliphatic rings. The number of methoxy groups -OCH3 is 1. The van der Waals surface area contributed by atoms with Crippen molar-refractivity contribution in [2.24, 2.45) is 7.05 Å². The number of halogens is 1. The Morgan fingerprint density at radius 1 is 1.44 bits per heavy atom. The van der Waals surface area contributed by atoms with Gasteiger partial charge in [0.15, 0.2) is 11.6 Å². The number of aliphatic hydroxyl groups excluding tert-OH is 1. The molecule has 0 amide bonds. The van der Waals surface area contributed by atoms with Crippen molar-refractivity contribution in [1.82, 2.24) is 9.78 Å². The van der Waals surface area contributed by atoms with Gasteiger partial charge >= 0.3 is 0 Å². The van der Waals surface area contributed by atoms with Crippen molar-refractivity contribution in [2.75, 3.05) is 12.8 Å². The molecule has 1 aromatic heterocycles. The summed E-state index contributed by atoms with van der Waals surface area (Å²) in [7, 11) is 3.01. The molecule has 5 nitrogen and oxygen atoms in total. The zero-order valence-corrected chi connectivity index (χ0v) is 10.1. The number of aliphatic hydroxyl groups is 1. The molecular formula is C12H14FN3O2. The Balaban J connectivity index is 2.46. The zero-order chi connectivity index (χ0) is 13.3. The second kappa shape index (κ2) is 4.66. The molecule has 0 aliphatic carbocycles. The number of anilines is 1. The highest BCUT2D eigenvalue weighted by molar-refractivity contribution is 5.46. The highest BCUT2D eigenvalue weighted by Gasteiger charge is 2.21. The zero-order valence-electron chi connectivity index (χ0n) is 10.1. The van der Waals surface area contributed by atoms with Gasteiger partial charge in [0, 0.05) is 18.2 Å². The molecule has 0 radical (unpaired) electrons. The van der Waals surface area contributed by atoms with E-state index in [4.69, 9.17) is 10.5 Å². The van der Waals surface area contributed by atoms with Crippen LogP contribution in [-0.2, 0) is 7.05 Å². The van der Waals surface area contributed by atoms with Crippen LogP contribution in [-0.4, -0.2) is 22.0 Å². The smallest absolute Gasteiger partial charge is 0.171 e. The first-order valence-electron chi connectivity index (χ1n) is 5.34.